The van der Waals surface area contributed by atoms with Gasteiger partial charge in [-0.2, -0.15) is 0 Å². The minimum Gasteiger partial charge on any atom is -0.454 e. The topological polar surface area (TPSA) is 73.6 Å². The summed E-state index contributed by atoms with van der Waals surface area (Å²) in [6, 6.07) is 10.8. The molecule has 0 saturated heterocycles. The van der Waals surface area contributed by atoms with Gasteiger partial charge in [0, 0.05) is 19.0 Å². The van der Waals surface area contributed by atoms with Crippen LogP contribution in [0.3, 0.4) is 0 Å². The van der Waals surface area contributed by atoms with E-state index in [9.17, 15) is 4.79 Å². The molecule has 0 saturated carbocycles. The number of aryl methyl sites for hydroxylation is 1. The molecule has 1 amide bonds. The molecular weight excluding hydrogens is 296 g/mol. The number of nitrogens with one attached hydrogen (secondary N) is 1. The summed E-state index contributed by atoms with van der Waals surface area (Å²) >= 11 is 0. The molecule has 6 heteroatoms. The number of nitrogens with zero attached hydrogens (tertiary/aromatic N) is 1. The fraction of sp³-hybridized carbons (Fsp3) is 0.176. The lowest BCUT2D eigenvalue weighted by Crippen LogP contribution is -2.22. The van der Waals surface area contributed by atoms with Crippen molar-refractivity contribution >= 4 is 17.0 Å². The van der Waals surface area contributed by atoms with Crippen LogP contribution in [0.2, 0.25) is 0 Å². The summed E-state index contributed by atoms with van der Waals surface area (Å²) in [7, 11) is 0. The van der Waals surface area contributed by atoms with E-state index in [0.29, 0.717) is 29.5 Å². The first kappa shape index (κ1) is 13.6. The van der Waals surface area contributed by atoms with Crippen molar-refractivity contribution in [2.24, 2.45) is 0 Å². The van der Waals surface area contributed by atoms with Crippen molar-refractivity contribution in [3.8, 4) is 11.5 Å². The molecule has 116 valence electrons. The molecule has 1 N–H and O–H groups in total. The van der Waals surface area contributed by atoms with Crippen LogP contribution < -0.4 is 14.8 Å². The monoisotopic (exact) mass is 310 g/mol. The maximum Gasteiger partial charge on any atom is 0.251 e. The zero-order valence-electron chi connectivity index (χ0n) is 12.5. The van der Waals surface area contributed by atoms with E-state index in [-0.39, 0.29) is 12.7 Å². The average Bonchev–Trinajstić information content (AvgIpc) is 3.16. The third-order valence-corrected chi connectivity index (χ3v) is 3.65. The number of hydrogen-bond donors (Lipinski definition) is 1. The summed E-state index contributed by atoms with van der Waals surface area (Å²) in [4.78, 5) is 16.5. The van der Waals surface area contributed by atoms with Gasteiger partial charge in [-0.15, -0.1) is 0 Å². The molecule has 0 fully saturated rings. The van der Waals surface area contributed by atoms with Gasteiger partial charge in [0.1, 0.15) is 5.52 Å². The van der Waals surface area contributed by atoms with Crippen molar-refractivity contribution in [2.45, 2.75) is 13.5 Å². The highest BCUT2D eigenvalue weighted by atomic mass is 16.7. The van der Waals surface area contributed by atoms with E-state index >= 15 is 0 Å². The predicted octanol–water partition coefficient (Wildman–Crippen LogP) is 2.79. The first-order valence-electron chi connectivity index (χ1n) is 7.23. The van der Waals surface area contributed by atoms with Crippen LogP contribution >= 0.6 is 0 Å². The second-order valence-electron chi connectivity index (χ2n) is 5.29. The van der Waals surface area contributed by atoms with Gasteiger partial charge in [-0.3, -0.25) is 4.79 Å². The second kappa shape index (κ2) is 5.31. The minimum atomic E-state index is -0.167. The quantitative estimate of drug-likeness (QED) is 0.805. The average molecular weight is 310 g/mol. The van der Waals surface area contributed by atoms with Gasteiger partial charge in [0.15, 0.2) is 23.0 Å². The Balaban J connectivity index is 1.47. The number of hydrogen-bond acceptors (Lipinski definition) is 5. The second-order valence-corrected chi connectivity index (χ2v) is 5.29. The van der Waals surface area contributed by atoms with Gasteiger partial charge in [-0.05, 0) is 35.9 Å². The molecule has 0 aliphatic carbocycles. The molecule has 2 heterocycles. The van der Waals surface area contributed by atoms with E-state index in [2.05, 4.69) is 10.3 Å². The SMILES string of the molecule is Cc1nc2cc(CNC(=O)c3ccc4c(c3)OCO4)ccc2o1. The summed E-state index contributed by atoms with van der Waals surface area (Å²) < 4.78 is 16.0. The Hall–Kier alpha value is -3.02. The maximum atomic E-state index is 12.2. The standard InChI is InChI=1S/C17H14N2O4/c1-10-19-13-6-11(2-4-14(13)23-10)8-18-17(20)12-3-5-15-16(7-12)22-9-21-15/h2-7H,8-9H2,1H3,(H,18,20). The molecule has 6 nitrogen and oxygen atoms in total. The molecule has 0 radical (unpaired) electrons. The number of fused-ring (bicyclic) bond motifs is 2. The van der Waals surface area contributed by atoms with Gasteiger partial charge < -0.3 is 19.2 Å². The highest BCUT2D eigenvalue weighted by Crippen LogP contribution is 2.32. The molecular formula is C17H14N2O4. The first-order chi connectivity index (χ1) is 11.2. The van der Waals surface area contributed by atoms with Crippen molar-refractivity contribution in [3.05, 3.63) is 53.4 Å². The van der Waals surface area contributed by atoms with Crippen molar-refractivity contribution in [2.75, 3.05) is 6.79 Å². The minimum absolute atomic E-state index is 0.167. The van der Waals surface area contributed by atoms with Crippen molar-refractivity contribution in [1.82, 2.24) is 10.3 Å². The molecule has 0 unspecified atom stereocenters. The third kappa shape index (κ3) is 2.59. The number of carbonyl (C=O) groups is 1. The Morgan fingerprint density at radius 1 is 1.17 bits per heavy atom. The molecule has 1 aromatic heterocycles. The Morgan fingerprint density at radius 3 is 2.96 bits per heavy atom. The Labute approximate surface area is 132 Å². The molecule has 0 atom stereocenters. The number of ether oxygens (including phenoxy) is 2. The highest BCUT2D eigenvalue weighted by Gasteiger charge is 2.16. The van der Waals surface area contributed by atoms with Crippen LogP contribution in [0.4, 0.5) is 0 Å². The van der Waals surface area contributed by atoms with E-state index in [1.807, 2.05) is 18.2 Å². The van der Waals surface area contributed by atoms with E-state index in [1.54, 1.807) is 25.1 Å². The number of benzene rings is 2. The zero-order valence-corrected chi connectivity index (χ0v) is 12.5. The molecule has 3 aromatic rings. The van der Waals surface area contributed by atoms with Gasteiger partial charge in [0.05, 0.1) is 0 Å². The Bertz CT molecular complexity index is 901. The fourth-order valence-corrected chi connectivity index (χ4v) is 2.52. The van der Waals surface area contributed by atoms with Crippen LogP contribution in [0.25, 0.3) is 11.1 Å². The van der Waals surface area contributed by atoms with Gasteiger partial charge in [-0.25, -0.2) is 4.98 Å². The van der Waals surface area contributed by atoms with Gasteiger partial charge in [-0.1, -0.05) is 6.07 Å². The van der Waals surface area contributed by atoms with Gasteiger partial charge in [0.2, 0.25) is 6.79 Å². The highest BCUT2D eigenvalue weighted by molar-refractivity contribution is 5.95. The van der Waals surface area contributed by atoms with Crippen molar-refractivity contribution in [1.29, 1.82) is 0 Å². The summed E-state index contributed by atoms with van der Waals surface area (Å²) in [5, 5.41) is 2.88. The Morgan fingerprint density at radius 2 is 2.04 bits per heavy atom. The largest absolute Gasteiger partial charge is 0.454 e. The fourth-order valence-electron chi connectivity index (χ4n) is 2.52. The summed E-state index contributed by atoms with van der Waals surface area (Å²) in [6.45, 7) is 2.41. The third-order valence-electron chi connectivity index (χ3n) is 3.65. The number of rotatable bonds is 3. The molecule has 1 aliphatic heterocycles. The van der Waals surface area contributed by atoms with Crippen LogP contribution in [0.5, 0.6) is 11.5 Å². The summed E-state index contributed by atoms with van der Waals surface area (Å²) in [5.74, 6) is 1.71. The normalized spacial score (nSPS) is 12.6. The molecule has 4 rings (SSSR count). The number of oxazole rings is 1. The van der Waals surface area contributed by atoms with E-state index in [4.69, 9.17) is 13.9 Å². The molecule has 23 heavy (non-hydrogen) atoms. The van der Waals surface area contributed by atoms with Crippen molar-refractivity contribution in [3.63, 3.8) is 0 Å². The molecule has 1 aliphatic rings. The lowest BCUT2D eigenvalue weighted by molar-refractivity contribution is 0.0950. The van der Waals surface area contributed by atoms with Gasteiger partial charge in [0.25, 0.3) is 5.91 Å². The molecule has 0 bridgehead atoms. The van der Waals surface area contributed by atoms with Crippen molar-refractivity contribution < 1.29 is 18.7 Å². The summed E-state index contributed by atoms with van der Waals surface area (Å²) in [5.41, 5.74) is 3.03. The first-order valence-corrected chi connectivity index (χ1v) is 7.23. The number of amides is 1. The van der Waals surface area contributed by atoms with E-state index in [0.717, 1.165) is 16.7 Å². The van der Waals surface area contributed by atoms with E-state index in [1.165, 1.54) is 0 Å². The van der Waals surface area contributed by atoms with Crippen LogP contribution in [-0.4, -0.2) is 17.7 Å². The van der Waals surface area contributed by atoms with Crippen LogP contribution in [0.15, 0.2) is 40.8 Å². The zero-order chi connectivity index (χ0) is 15.8. The predicted molar refractivity (Wildman–Crippen MR) is 82.5 cm³/mol. The lowest BCUT2D eigenvalue weighted by Gasteiger charge is -2.06. The van der Waals surface area contributed by atoms with Crippen LogP contribution in [0, 0.1) is 6.92 Å². The molecule has 0 spiro atoms. The van der Waals surface area contributed by atoms with Crippen LogP contribution in [0.1, 0.15) is 21.8 Å². The van der Waals surface area contributed by atoms with Gasteiger partial charge >= 0.3 is 0 Å². The number of aromatic nitrogens is 1. The lowest BCUT2D eigenvalue weighted by atomic mass is 10.1. The Kier molecular flexibility index (Phi) is 3.15. The summed E-state index contributed by atoms with van der Waals surface area (Å²) in [6.07, 6.45) is 0. The maximum absolute atomic E-state index is 12.2. The molecule has 2 aromatic carbocycles. The van der Waals surface area contributed by atoms with E-state index < -0.39 is 0 Å². The smallest absolute Gasteiger partial charge is 0.251 e. The number of carbonyl (C=O) groups excluding carboxylic acids is 1. The van der Waals surface area contributed by atoms with Crippen LogP contribution in [-0.2, 0) is 6.54 Å².